The number of hydrogen-bond donors (Lipinski definition) is 1. The van der Waals surface area contributed by atoms with Gasteiger partial charge in [-0.3, -0.25) is 4.79 Å². The van der Waals surface area contributed by atoms with Crippen molar-refractivity contribution in [3.05, 3.63) is 0 Å². The molecular formula is C10H19NO3. The molecule has 0 unspecified atom stereocenters. The Bertz CT molecular complexity index is 207. The zero-order valence-corrected chi connectivity index (χ0v) is 9.72. The molecule has 0 aliphatic heterocycles. The van der Waals surface area contributed by atoms with E-state index in [4.69, 9.17) is 4.74 Å². The first-order valence-corrected chi connectivity index (χ1v) is 4.57. The smallest absolute Gasteiger partial charge is 0.397 e. The summed E-state index contributed by atoms with van der Waals surface area (Å²) in [5.41, 5.74) is -1.06. The van der Waals surface area contributed by atoms with Crippen LogP contribution in [-0.2, 0) is 14.3 Å². The van der Waals surface area contributed by atoms with E-state index in [-0.39, 0.29) is 0 Å². The quantitative estimate of drug-likeness (QED) is 0.474. The van der Waals surface area contributed by atoms with E-state index in [2.05, 4.69) is 5.32 Å². The first kappa shape index (κ1) is 12.9. The van der Waals surface area contributed by atoms with E-state index in [9.17, 15) is 9.59 Å². The maximum atomic E-state index is 11.3. The van der Waals surface area contributed by atoms with Crippen LogP contribution in [0.1, 0.15) is 41.5 Å². The number of hydrogen-bond acceptors (Lipinski definition) is 3. The Kier molecular flexibility index (Phi) is 3.68. The third-order valence-corrected chi connectivity index (χ3v) is 1.07. The summed E-state index contributed by atoms with van der Waals surface area (Å²) in [4.78, 5) is 22.5. The lowest BCUT2D eigenvalue weighted by Gasteiger charge is -2.23. The van der Waals surface area contributed by atoms with Crippen LogP contribution in [-0.4, -0.2) is 23.0 Å². The lowest BCUT2D eigenvalue weighted by atomic mass is 10.1. The van der Waals surface area contributed by atoms with Gasteiger partial charge in [0.1, 0.15) is 5.60 Å². The van der Waals surface area contributed by atoms with Gasteiger partial charge in [-0.1, -0.05) is 0 Å². The maximum absolute atomic E-state index is 11.3. The summed E-state index contributed by atoms with van der Waals surface area (Å²) < 4.78 is 4.89. The Hall–Kier alpha value is -1.06. The van der Waals surface area contributed by atoms with Crippen LogP contribution in [0.4, 0.5) is 0 Å². The van der Waals surface area contributed by atoms with Crippen LogP contribution < -0.4 is 5.32 Å². The molecule has 0 aliphatic carbocycles. The average molecular weight is 201 g/mol. The molecule has 0 atom stereocenters. The first-order chi connectivity index (χ1) is 6.01. The molecule has 0 radical (unpaired) electrons. The number of rotatable bonds is 0. The molecule has 0 bridgehead atoms. The minimum atomic E-state index is -0.840. The summed E-state index contributed by atoms with van der Waals surface area (Å²) in [5.74, 6) is -1.54. The fourth-order valence-electron chi connectivity index (χ4n) is 0.716. The van der Waals surface area contributed by atoms with Crippen LogP contribution in [0.15, 0.2) is 0 Å². The molecule has 4 nitrogen and oxygen atoms in total. The van der Waals surface area contributed by atoms with Crippen molar-refractivity contribution in [3.8, 4) is 0 Å². The summed E-state index contributed by atoms with van der Waals surface area (Å²) in [6.45, 7) is 10.6. The second kappa shape index (κ2) is 3.98. The molecule has 1 amide bonds. The monoisotopic (exact) mass is 201 g/mol. The van der Waals surface area contributed by atoms with Crippen molar-refractivity contribution in [2.24, 2.45) is 0 Å². The molecule has 0 fully saturated rings. The second-order valence-electron chi connectivity index (χ2n) is 5.21. The van der Waals surface area contributed by atoms with Gasteiger partial charge in [-0.25, -0.2) is 4.79 Å². The highest BCUT2D eigenvalue weighted by Crippen LogP contribution is 2.07. The van der Waals surface area contributed by atoms with Gasteiger partial charge in [0.15, 0.2) is 0 Å². The molecule has 0 aliphatic rings. The molecule has 0 saturated heterocycles. The van der Waals surface area contributed by atoms with Crippen LogP contribution in [0.2, 0.25) is 0 Å². The van der Waals surface area contributed by atoms with E-state index in [0.29, 0.717) is 0 Å². The molecule has 0 aromatic rings. The van der Waals surface area contributed by atoms with Crippen molar-refractivity contribution in [1.82, 2.24) is 5.32 Å². The van der Waals surface area contributed by atoms with E-state index in [1.807, 2.05) is 0 Å². The zero-order valence-electron chi connectivity index (χ0n) is 9.72. The Balaban J connectivity index is 4.22. The minimum Gasteiger partial charge on any atom is -0.453 e. The highest BCUT2D eigenvalue weighted by Gasteiger charge is 2.25. The van der Waals surface area contributed by atoms with Crippen molar-refractivity contribution in [1.29, 1.82) is 0 Å². The van der Waals surface area contributed by atoms with E-state index in [1.165, 1.54) is 0 Å². The number of nitrogens with one attached hydrogen (secondary N) is 1. The highest BCUT2D eigenvalue weighted by molar-refractivity contribution is 6.32. The first-order valence-electron chi connectivity index (χ1n) is 4.57. The Morgan fingerprint density at radius 3 is 1.71 bits per heavy atom. The molecule has 0 spiro atoms. The number of ether oxygens (including phenoxy) is 1. The molecule has 0 aromatic heterocycles. The minimum absolute atomic E-state index is 0.423. The van der Waals surface area contributed by atoms with Gasteiger partial charge in [0.05, 0.1) is 0 Å². The lowest BCUT2D eigenvalue weighted by molar-refractivity contribution is -0.164. The summed E-state index contributed by atoms with van der Waals surface area (Å²) in [6, 6.07) is 0. The van der Waals surface area contributed by atoms with Gasteiger partial charge >= 0.3 is 11.9 Å². The van der Waals surface area contributed by atoms with Gasteiger partial charge in [-0.05, 0) is 41.5 Å². The largest absolute Gasteiger partial charge is 0.453 e. The number of carbonyl (C=O) groups excluding carboxylic acids is 2. The van der Waals surface area contributed by atoms with Crippen LogP contribution in [0.3, 0.4) is 0 Å². The van der Waals surface area contributed by atoms with Crippen LogP contribution >= 0.6 is 0 Å². The molecule has 1 N–H and O–H groups in total. The predicted molar refractivity (Wildman–Crippen MR) is 53.7 cm³/mol. The zero-order chi connectivity index (χ0) is 11.6. The van der Waals surface area contributed by atoms with E-state index >= 15 is 0 Å². The molecule has 0 saturated carbocycles. The van der Waals surface area contributed by atoms with Crippen molar-refractivity contribution in [2.45, 2.75) is 52.7 Å². The fraction of sp³-hybridized carbons (Fsp3) is 0.800. The van der Waals surface area contributed by atoms with Crippen LogP contribution in [0, 0.1) is 0 Å². The van der Waals surface area contributed by atoms with Gasteiger partial charge in [0.2, 0.25) is 0 Å². The molecule has 4 heteroatoms. The topological polar surface area (TPSA) is 55.4 Å². The SMILES string of the molecule is CC(C)(C)NC(=O)C(=O)OC(C)(C)C. The van der Waals surface area contributed by atoms with Gasteiger partial charge in [-0.15, -0.1) is 0 Å². The van der Waals surface area contributed by atoms with Crippen molar-refractivity contribution < 1.29 is 14.3 Å². The van der Waals surface area contributed by atoms with E-state index in [0.717, 1.165) is 0 Å². The fourth-order valence-corrected chi connectivity index (χ4v) is 0.716. The molecule has 0 rings (SSSR count). The van der Waals surface area contributed by atoms with Crippen molar-refractivity contribution in [3.63, 3.8) is 0 Å². The summed E-state index contributed by atoms with van der Waals surface area (Å²) in [7, 11) is 0. The van der Waals surface area contributed by atoms with Crippen molar-refractivity contribution >= 4 is 11.9 Å². The molecule has 82 valence electrons. The van der Waals surface area contributed by atoms with Gasteiger partial charge in [0.25, 0.3) is 0 Å². The highest BCUT2D eigenvalue weighted by atomic mass is 16.6. The van der Waals surface area contributed by atoms with Crippen LogP contribution in [0.5, 0.6) is 0 Å². The third kappa shape index (κ3) is 6.46. The molecule has 0 aromatic carbocycles. The second-order valence-corrected chi connectivity index (χ2v) is 5.21. The normalized spacial score (nSPS) is 12.1. The lowest BCUT2D eigenvalue weighted by Crippen LogP contribution is -2.46. The molecule has 0 heterocycles. The Morgan fingerprint density at radius 2 is 1.43 bits per heavy atom. The molecular weight excluding hydrogens is 182 g/mol. The number of amides is 1. The van der Waals surface area contributed by atoms with Gasteiger partial charge < -0.3 is 10.1 Å². The van der Waals surface area contributed by atoms with Crippen molar-refractivity contribution in [2.75, 3.05) is 0 Å². The average Bonchev–Trinajstić information content (AvgIpc) is 1.78. The maximum Gasteiger partial charge on any atom is 0.397 e. The summed E-state index contributed by atoms with van der Waals surface area (Å²) in [6.07, 6.45) is 0. The predicted octanol–water partition coefficient (Wildman–Crippen LogP) is 1.24. The van der Waals surface area contributed by atoms with Gasteiger partial charge in [-0.2, -0.15) is 0 Å². The standard InChI is InChI=1S/C10H19NO3/c1-9(2,3)11-7(12)8(13)14-10(4,5)6/h1-6H3,(H,11,12). The third-order valence-electron chi connectivity index (χ3n) is 1.07. The van der Waals surface area contributed by atoms with Gasteiger partial charge in [0, 0.05) is 5.54 Å². The number of esters is 1. The van der Waals surface area contributed by atoms with E-state index in [1.54, 1.807) is 41.5 Å². The Morgan fingerprint density at radius 1 is 1.00 bits per heavy atom. The number of carbonyl (C=O) groups is 2. The van der Waals surface area contributed by atoms with E-state index < -0.39 is 23.0 Å². The molecule has 14 heavy (non-hydrogen) atoms. The summed E-state index contributed by atoms with van der Waals surface area (Å²) >= 11 is 0. The van der Waals surface area contributed by atoms with Crippen LogP contribution in [0.25, 0.3) is 0 Å². The Labute approximate surface area is 85.0 Å². The summed E-state index contributed by atoms with van der Waals surface area (Å²) in [5, 5.41) is 2.53.